The number of benzene rings is 2. The molecule has 25 heavy (non-hydrogen) atoms. The molecule has 1 aromatic heterocycles. The van der Waals surface area contributed by atoms with Gasteiger partial charge in [0.05, 0.1) is 0 Å². The third-order valence-corrected chi connectivity index (χ3v) is 4.93. The number of nitrogens with zero attached hydrogens (tertiary/aromatic N) is 2. The second kappa shape index (κ2) is 8.43. The lowest BCUT2D eigenvalue weighted by molar-refractivity contribution is 0.164. The highest BCUT2D eigenvalue weighted by atomic mass is 35.5. The quantitative estimate of drug-likeness (QED) is 0.772. The van der Waals surface area contributed by atoms with Crippen molar-refractivity contribution in [3.8, 4) is 0 Å². The molecule has 0 radical (unpaired) electrons. The molecule has 1 aliphatic rings. The Balaban J connectivity index is 0.00000182. The topological polar surface area (TPSA) is 28.2 Å². The van der Waals surface area contributed by atoms with Gasteiger partial charge in [-0.2, -0.15) is 0 Å². The first-order valence-electron chi connectivity index (χ1n) is 8.72. The van der Waals surface area contributed by atoms with E-state index in [9.17, 15) is 0 Å². The van der Waals surface area contributed by atoms with E-state index in [4.69, 9.17) is 0 Å². The first-order valence-corrected chi connectivity index (χ1v) is 8.72. The number of piperazine rings is 1. The van der Waals surface area contributed by atoms with Crippen LogP contribution in [0.3, 0.4) is 0 Å². The summed E-state index contributed by atoms with van der Waals surface area (Å²) >= 11 is 0. The van der Waals surface area contributed by atoms with Crippen LogP contribution in [0.4, 0.5) is 0 Å². The predicted molar refractivity (Wildman–Crippen MR) is 106 cm³/mol. The first-order chi connectivity index (χ1) is 11.9. The van der Waals surface area contributed by atoms with Gasteiger partial charge in [0.25, 0.3) is 0 Å². The van der Waals surface area contributed by atoms with Crippen LogP contribution in [0.2, 0.25) is 0 Å². The van der Waals surface area contributed by atoms with Crippen LogP contribution in [0, 0.1) is 0 Å². The summed E-state index contributed by atoms with van der Waals surface area (Å²) < 4.78 is 0. The minimum Gasteiger partial charge on any atom is -0.314 e. The van der Waals surface area contributed by atoms with Crippen LogP contribution in [0.15, 0.2) is 67.0 Å². The summed E-state index contributed by atoms with van der Waals surface area (Å²) in [6.45, 7) is 4.24. The maximum atomic E-state index is 4.29. The van der Waals surface area contributed by atoms with Gasteiger partial charge < -0.3 is 5.32 Å². The summed E-state index contributed by atoms with van der Waals surface area (Å²) in [5, 5.41) is 6.17. The van der Waals surface area contributed by atoms with E-state index >= 15 is 0 Å². The van der Waals surface area contributed by atoms with E-state index in [-0.39, 0.29) is 12.4 Å². The molecule has 0 saturated carbocycles. The Kier molecular flexibility index (Phi) is 6.03. The molecule has 0 aliphatic carbocycles. The minimum absolute atomic E-state index is 0. The lowest BCUT2D eigenvalue weighted by Gasteiger charge is -2.36. The number of hydrogen-bond acceptors (Lipinski definition) is 3. The monoisotopic (exact) mass is 353 g/mol. The fourth-order valence-electron chi connectivity index (χ4n) is 3.58. The van der Waals surface area contributed by atoms with E-state index in [1.54, 1.807) is 0 Å². The number of nitrogens with one attached hydrogen (secondary N) is 1. The molecular formula is C21H24ClN3. The first kappa shape index (κ1) is 17.9. The molecule has 2 aromatic carbocycles. The number of rotatable bonds is 4. The molecule has 4 rings (SSSR count). The van der Waals surface area contributed by atoms with Crippen molar-refractivity contribution in [2.75, 3.05) is 26.2 Å². The van der Waals surface area contributed by atoms with Gasteiger partial charge in [-0.05, 0) is 34.4 Å². The van der Waals surface area contributed by atoms with Crippen molar-refractivity contribution in [2.45, 2.75) is 12.5 Å². The highest BCUT2D eigenvalue weighted by molar-refractivity contribution is 5.85. The van der Waals surface area contributed by atoms with Gasteiger partial charge in [0.1, 0.15) is 0 Å². The highest BCUT2D eigenvalue weighted by Gasteiger charge is 2.23. The van der Waals surface area contributed by atoms with Crippen LogP contribution in [0.1, 0.15) is 17.2 Å². The molecule has 0 spiro atoms. The van der Waals surface area contributed by atoms with E-state index in [0.29, 0.717) is 6.04 Å². The van der Waals surface area contributed by atoms with Gasteiger partial charge in [-0.1, -0.05) is 48.5 Å². The van der Waals surface area contributed by atoms with Crippen molar-refractivity contribution in [3.05, 3.63) is 78.1 Å². The zero-order chi connectivity index (χ0) is 16.2. The van der Waals surface area contributed by atoms with E-state index < -0.39 is 0 Å². The second-order valence-corrected chi connectivity index (χ2v) is 6.47. The zero-order valence-electron chi connectivity index (χ0n) is 14.3. The number of fused-ring (bicyclic) bond motifs is 1. The molecule has 1 aliphatic heterocycles. The van der Waals surface area contributed by atoms with Crippen LogP contribution in [-0.4, -0.2) is 36.1 Å². The molecule has 130 valence electrons. The van der Waals surface area contributed by atoms with Crippen LogP contribution < -0.4 is 5.32 Å². The van der Waals surface area contributed by atoms with Gasteiger partial charge in [0.2, 0.25) is 0 Å². The summed E-state index contributed by atoms with van der Waals surface area (Å²) in [6, 6.07) is 20.1. The van der Waals surface area contributed by atoms with Gasteiger partial charge in [0, 0.05) is 44.6 Å². The predicted octanol–water partition coefficient (Wildman–Crippen LogP) is 3.85. The summed E-state index contributed by atoms with van der Waals surface area (Å²) in [6.07, 6.45) is 4.93. The van der Waals surface area contributed by atoms with Gasteiger partial charge in [-0.15, -0.1) is 12.4 Å². The van der Waals surface area contributed by atoms with Gasteiger partial charge >= 0.3 is 0 Å². The molecule has 3 aromatic rings. The fraction of sp³-hybridized carbons (Fsp3) is 0.286. The van der Waals surface area contributed by atoms with E-state index in [1.165, 1.54) is 21.9 Å². The van der Waals surface area contributed by atoms with Crippen molar-refractivity contribution in [1.82, 2.24) is 15.2 Å². The van der Waals surface area contributed by atoms with Crippen molar-refractivity contribution >= 4 is 23.2 Å². The molecule has 1 fully saturated rings. The van der Waals surface area contributed by atoms with E-state index in [2.05, 4.69) is 63.7 Å². The summed E-state index contributed by atoms with van der Waals surface area (Å²) in [5.41, 5.74) is 2.72. The minimum atomic E-state index is 0. The number of halogens is 1. The van der Waals surface area contributed by atoms with Crippen molar-refractivity contribution in [1.29, 1.82) is 0 Å². The SMILES string of the molecule is Cl.c1cncc(C2CNCCN2CCc2ccc3ccccc3c2)c1. The van der Waals surface area contributed by atoms with Crippen molar-refractivity contribution in [2.24, 2.45) is 0 Å². The molecule has 4 heteroatoms. The molecule has 1 unspecified atom stereocenters. The van der Waals surface area contributed by atoms with Crippen molar-refractivity contribution < 1.29 is 0 Å². The summed E-state index contributed by atoms with van der Waals surface area (Å²) in [4.78, 5) is 6.88. The van der Waals surface area contributed by atoms with Crippen LogP contribution in [-0.2, 0) is 6.42 Å². The lowest BCUT2D eigenvalue weighted by Crippen LogP contribution is -2.46. The number of hydrogen-bond donors (Lipinski definition) is 1. The zero-order valence-corrected chi connectivity index (χ0v) is 15.1. The Morgan fingerprint density at radius 2 is 1.92 bits per heavy atom. The molecule has 1 atom stereocenters. The third kappa shape index (κ3) is 4.18. The Morgan fingerprint density at radius 1 is 1.04 bits per heavy atom. The maximum Gasteiger partial charge on any atom is 0.0488 e. The van der Waals surface area contributed by atoms with Gasteiger partial charge in [-0.3, -0.25) is 9.88 Å². The van der Waals surface area contributed by atoms with Crippen LogP contribution in [0.5, 0.6) is 0 Å². The Morgan fingerprint density at radius 3 is 2.76 bits per heavy atom. The fourth-order valence-corrected chi connectivity index (χ4v) is 3.58. The number of aromatic nitrogens is 1. The van der Waals surface area contributed by atoms with E-state index in [1.807, 2.05) is 18.5 Å². The molecule has 3 nitrogen and oxygen atoms in total. The molecule has 0 amide bonds. The normalized spacial score (nSPS) is 18.0. The van der Waals surface area contributed by atoms with E-state index in [0.717, 1.165) is 32.6 Å². The lowest BCUT2D eigenvalue weighted by atomic mass is 10.0. The standard InChI is InChI=1S/C21H23N3.ClH/c1-2-5-19-14-17(7-8-18(19)4-1)9-12-24-13-11-23-16-21(24)20-6-3-10-22-15-20;/h1-8,10,14-15,21,23H,9,11-13,16H2;1H. The molecule has 1 saturated heterocycles. The Bertz CT molecular complexity index is 806. The average molecular weight is 354 g/mol. The average Bonchev–Trinajstić information content (AvgIpc) is 2.67. The molecular weight excluding hydrogens is 330 g/mol. The van der Waals surface area contributed by atoms with Gasteiger partial charge in [0.15, 0.2) is 0 Å². The molecule has 2 heterocycles. The summed E-state index contributed by atoms with van der Waals surface area (Å²) in [5.74, 6) is 0. The molecule has 0 bridgehead atoms. The third-order valence-electron chi connectivity index (χ3n) is 4.93. The van der Waals surface area contributed by atoms with Gasteiger partial charge in [-0.25, -0.2) is 0 Å². The maximum absolute atomic E-state index is 4.29. The second-order valence-electron chi connectivity index (χ2n) is 6.47. The van der Waals surface area contributed by atoms with Crippen LogP contribution in [0.25, 0.3) is 10.8 Å². The Labute approximate surface area is 155 Å². The van der Waals surface area contributed by atoms with Crippen molar-refractivity contribution in [3.63, 3.8) is 0 Å². The Hall–Kier alpha value is -1.94. The van der Waals surface area contributed by atoms with Crippen LogP contribution >= 0.6 is 12.4 Å². The number of pyridine rings is 1. The smallest absolute Gasteiger partial charge is 0.0488 e. The molecule has 1 N–H and O–H groups in total. The largest absolute Gasteiger partial charge is 0.314 e. The highest BCUT2D eigenvalue weighted by Crippen LogP contribution is 2.22. The summed E-state index contributed by atoms with van der Waals surface area (Å²) in [7, 11) is 0.